The number of rotatable bonds is 6. The van der Waals surface area contributed by atoms with E-state index >= 15 is 0 Å². The van der Waals surface area contributed by atoms with E-state index < -0.39 is 0 Å². The second kappa shape index (κ2) is 5.74. The predicted octanol–water partition coefficient (Wildman–Crippen LogP) is 2.33. The predicted molar refractivity (Wildman–Crippen MR) is 72.9 cm³/mol. The molecule has 2 N–H and O–H groups in total. The van der Waals surface area contributed by atoms with Crippen LogP contribution in [-0.2, 0) is 0 Å². The van der Waals surface area contributed by atoms with Crippen LogP contribution in [0.1, 0.15) is 39.0 Å². The highest BCUT2D eigenvalue weighted by Gasteiger charge is 2.39. The Morgan fingerprint density at radius 2 is 2.25 bits per heavy atom. The van der Waals surface area contributed by atoms with Gasteiger partial charge in [-0.15, -0.1) is 0 Å². The summed E-state index contributed by atoms with van der Waals surface area (Å²) in [4.78, 5) is 2.73. The van der Waals surface area contributed by atoms with Crippen molar-refractivity contribution in [2.75, 3.05) is 31.1 Å². The first-order chi connectivity index (χ1) is 7.80. The van der Waals surface area contributed by atoms with Crippen molar-refractivity contribution in [1.82, 2.24) is 4.90 Å². The van der Waals surface area contributed by atoms with E-state index in [-0.39, 0.29) is 0 Å². The SMILES string of the molecule is CCCN(CC1CC1)C1(CN)CCCSC1. The minimum Gasteiger partial charge on any atom is -0.329 e. The van der Waals surface area contributed by atoms with Gasteiger partial charge in [-0.25, -0.2) is 0 Å². The normalized spacial score (nSPS) is 30.9. The molecule has 0 aromatic rings. The molecule has 0 aromatic heterocycles. The van der Waals surface area contributed by atoms with E-state index in [0.717, 1.165) is 12.5 Å². The summed E-state index contributed by atoms with van der Waals surface area (Å²) in [6.45, 7) is 5.70. The molecule has 1 saturated carbocycles. The van der Waals surface area contributed by atoms with Crippen molar-refractivity contribution in [3.63, 3.8) is 0 Å². The topological polar surface area (TPSA) is 29.3 Å². The van der Waals surface area contributed by atoms with Gasteiger partial charge in [0.15, 0.2) is 0 Å². The first kappa shape index (κ1) is 12.7. The summed E-state index contributed by atoms with van der Waals surface area (Å²) in [5.41, 5.74) is 6.45. The van der Waals surface area contributed by atoms with Crippen LogP contribution in [0.3, 0.4) is 0 Å². The van der Waals surface area contributed by atoms with Gasteiger partial charge in [-0.1, -0.05) is 6.92 Å². The van der Waals surface area contributed by atoms with E-state index in [9.17, 15) is 0 Å². The molecule has 3 heteroatoms. The van der Waals surface area contributed by atoms with E-state index in [0.29, 0.717) is 5.54 Å². The molecule has 1 aliphatic carbocycles. The Labute approximate surface area is 104 Å². The lowest BCUT2D eigenvalue weighted by atomic mass is 9.92. The quantitative estimate of drug-likeness (QED) is 0.775. The van der Waals surface area contributed by atoms with Gasteiger partial charge < -0.3 is 5.73 Å². The summed E-state index contributed by atoms with van der Waals surface area (Å²) in [5, 5.41) is 0. The molecular formula is C13H26N2S. The average molecular weight is 242 g/mol. The van der Waals surface area contributed by atoms with Crippen LogP contribution in [0.4, 0.5) is 0 Å². The number of hydrogen-bond donors (Lipinski definition) is 1. The van der Waals surface area contributed by atoms with Crippen LogP contribution in [0, 0.1) is 5.92 Å². The lowest BCUT2D eigenvalue weighted by Gasteiger charge is -2.46. The van der Waals surface area contributed by atoms with Crippen LogP contribution >= 0.6 is 11.8 Å². The van der Waals surface area contributed by atoms with Crippen molar-refractivity contribution >= 4 is 11.8 Å². The molecule has 2 aliphatic rings. The monoisotopic (exact) mass is 242 g/mol. The van der Waals surface area contributed by atoms with Crippen molar-refractivity contribution in [2.45, 2.75) is 44.6 Å². The fourth-order valence-corrected chi connectivity index (χ4v) is 4.10. The number of nitrogens with two attached hydrogens (primary N) is 1. The van der Waals surface area contributed by atoms with Gasteiger partial charge in [0.1, 0.15) is 0 Å². The summed E-state index contributed by atoms with van der Waals surface area (Å²) in [5.74, 6) is 3.59. The van der Waals surface area contributed by atoms with Gasteiger partial charge in [0.25, 0.3) is 0 Å². The maximum atomic E-state index is 6.11. The summed E-state index contributed by atoms with van der Waals surface area (Å²) in [6.07, 6.45) is 6.84. The zero-order valence-electron chi connectivity index (χ0n) is 10.6. The maximum absolute atomic E-state index is 6.11. The van der Waals surface area contributed by atoms with Crippen LogP contribution in [0.5, 0.6) is 0 Å². The molecule has 0 radical (unpaired) electrons. The van der Waals surface area contributed by atoms with Crippen LogP contribution in [0.2, 0.25) is 0 Å². The molecule has 0 spiro atoms. The number of hydrogen-bond acceptors (Lipinski definition) is 3. The zero-order valence-corrected chi connectivity index (χ0v) is 11.4. The second-order valence-electron chi connectivity index (χ2n) is 5.47. The summed E-state index contributed by atoms with van der Waals surface area (Å²) in [6, 6.07) is 0. The Kier molecular flexibility index (Phi) is 4.57. The van der Waals surface area contributed by atoms with Crippen molar-refractivity contribution < 1.29 is 0 Å². The highest BCUT2D eigenvalue weighted by Crippen LogP contribution is 2.36. The molecule has 0 amide bonds. The van der Waals surface area contributed by atoms with Gasteiger partial charge in [0.05, 0.1) is 0 Å². The number of nitrogens with zero attached hydrogens (tertiary/aromatic N) is 1. The standard InChI is InChI=1S/C13H26N2S/c1-2-7-15(9-12-4-5-12)13(10-14)6-3-8-16-11-13/h12H,2-11,14H2,1H3. The molecule has 0 bridgehead atoms. The third kappa shape index (κ3) is 2.93. The van der Waals surface area contributed by atoms with Gasteiger partial charge >= 0.3 is 0 Å². The lowest BCUT2D eigenvalue weighted by Crippen LogP contribution is -2.57. The van der Waals surface area contributed by atoms with Gasteiger partial charge in [-0.2, -0.15) is 11.8 Å². The summed E-state index contributed by atoms with van der Waals surface area (Å²) < 4.78 is 0. The largest absolute Gasteiger partial charge is 0.329 e. The minimum atomic E-state index is 0.335. The molecule has 1 unspecified atom stereocenters. The van der Waals surface area contributed by atoms with Gasteiger partial charge in [0, 0.05) is 24.4 Å². The molecular weight excluding hydrogens is 216 g/mol. The fourth-order valence-electron chi connectivity index (χ4n) is 2.78. The van der Waals surface area contributed by atoms with Crippen molar-refractivity contribution in [3.8, 4) is 0 Å². The summed E-state index contributed by atoms with van der Waals surface area (Å²) >= 11 is 2.11. The first-order valence-electron chi connectivity index (χ1n) is 6.83. The molecule has 1 saturated heterocycles. The van der Waals surface area contributed by atoms with Crippen molar-refractivity contribution in [1.29, 1.82) is 0 Å². The Morgan fingerprint density at radius 3 is 2.75 bits per heavy atom. The molecule has 2 rings (SSSR count). The van der Waals surface area contributed by atoms with E-state index in [4.69, 9.17) is 5.73 Å². The van der Waals surface area contributed by atoms with Crippen molar-refractivity contribution in [3.05, 3.63) is 0 Å². The molecule has 0 aromatic carbocycles. The van der Waals surface area contributed by atoms with Crippen molar-refractivity contribution in [2.24, 2.45) is 11.7 Å². The highest BCUT2D eigenvalue weighted by molar-refractivity contribution is 7.99. The summed E-state index contributed by atoms with van der Waals surface area (Å²) in [7, 11) is 0. The van der Waals surface area contributed by atoms with Crippen LogP contribution in [-0.4, -0.2) is 41.6 Å². The molecule has 2 fully saturated rings. The van der Waals surface area contributed by atoms with E-state index in [2.05, 4.69) is 23.6 Å². The second-order valence-corrected chi connectivity index (χ2v) is 6.58. The van der Waals surface area contributed by atoms with Crippen LogP contribution in [0.25, 0.3) is 0 Å². The Morgan fingerprint density at radius 1 is 1.44 bits per heavy atom. The van der Waals surface area contributed by atoms with E-state index in [1.54, 1.807) is 0 Å². The van der Waals surface area contributed by atoms with Gasteiger partial charge in [0.2, 0.25) is 0 Å². The lowest BCUT2D eigenvalue weighted by molar-refractivity contribution is 0.0964. The number of thioether (sulfide) groups is 1. The third-order valence-electron chi connectivity index (χ3n) is 4.02. The average Bonchev–Trinajstić information content (AvgIpc) is 3.13. The molecule has 1 atom stereocenters. The van der Waals surface area contributed by atoms with Crippen LogP contribution in [0.15, 0.2) is 0 Å². The Balaban J connectivity index is 2.00. The minimum absolute atomic E-state index is 0.335. The van der Waals surface area contributed by atoms with E-state index in [1.807, 2.05) is 0 Å². The molecule has 16 heavy (non-hydrogen) atoms. The molecule has 2 nitrogen and oxygen atoms in total. The fraction of sp³-hybridized carbons (Fsp3) is 1.00. The Bertz CT molecular complexity index is 210. The van der Waals surface area contributed by atoms with Gasteiger partial charge in [-0.3, -0.25) is 4.90 Å². The highest BCUT2D eigenvalue weighted by atomic mass is 32.2. The Hall–Kier alpha value is 0.270. The maximum Gasteiger partial charge on any atom is 0.0422 e. The smallest absolute Gasteiger partial charge is 0.0422 e. The van der Waals surface area contributed by atoms with Gasteiger partial charge in [-0.05, 0) is 50.3 Å². The third-order valence-corrected chi connectivity index (χ3v) is 5.34. The zero-order chi connectivity index (χ0) is 11.4. The molecule has 94 valence electrons. The molecule has 1 heterocycles. The van der Waals surface area contributed by atoms with E-state index in [1.165, 1.54) is 56.7 Å². The first-order valence-corrected chi connectivity index (χ1v) is 7.99. The van der Waals surface area contributed by atoms with Crippen LogP contribution < -0.4 is 5.73 Å². The molecule has 1 aliphatic heterocycles.